The highest BCUT2D eigenvalue weighted by atomic mass is 16.5. The van der Waals surface area contributed by atoms with E-state index in [4.69, 9.17) is 9.84 Å². The first-order chi connectivity index (χ1) is 14.2. The summed E-state index contributed by atoms with van der Waals surface area (Å²) in [5.74, 6) is -0.417. The van der Waals surface area contributed by atoms with E-state index in [1.807, 2.05) is 23.1 Å². The molecular weight excluding hydrogens is 384 g/mol. The van der Waals surface area contributed by atoms with Gasteiger partial charge < -0.3 is 20.0 Å². The highest BCUT2D eigenvalue weighted by Crippen LogP contribution is 2.35. The van der Waals surface area contributed by atoms with Crippen molar-refractivity contribution in [3.8, 4) is 5.75 Å². The number of hydrogen-bond donors (Lipinski definition) is 2. The number of carbonyl (C=O) groups is 2. The Hall–Kier alpha value is -3.35. The van der Waals surface area contributed by atoms with E-state index in [-0.39, 0.29) is 23.5 Å². The second-order valence-electron chi connectivity index (χ2n) is 8.30. The third-order valence-corrected chi connectivity index (χ3v) is 5.10. The Morgan fingerprint density at radius 1 is 1.13 bits per heavy atom. The molecule has 0 aromatic heterocycles. The van der Waals surface area contributed by atoms with E-state index >= 15 is 0 Å². The van der Waals surface area contributed by atoms with Crippen molar-refractivity contribution in [1.29, 1.82) is 0 Å². The van der Waals surface area contributed by atoms with Crippen LogP contribution in [0, 0.1) is 0 Å². The van der Waals surface area contributed by atoms with Gasteiger partial charge in [-0.15, -0.1) is 0 Å². The molecule has 158 valence electrons. The number of benzene rings is 2. The first-order valence-corrected chi connectivity index (χ1v) is 9.83. The lowest BCUT2D eigenvalue weighted by atomic mass is 9.84. The number of amides is 1. The minimum atomic E-state index is -1.01. The maximum atomic E-state index is 12.3. The van der Waals surface area contributed by atoms with Crippen molar-refractivity contribution in [1.82, 2.24) is 0 Å². The van der Waals surface area contributed by atoms with E-state index in [9.17, 15) is 14.8 Å². The van der Waals surface area contributed by atoms with Gasteiger partial charge in [-0.3, -0.25) is 4.79 Å². The normalized spacial score (nSPS) is 14.8. The number of hydrogen-bond acceptors (Lipinski definition) is 5. The smallest absolute Gasteiger partial charge is 0.335 e. The predicted molar refractivity (Wildman–Crippen MR) is 114 cm³/mol. The second kappa shape index (κ2) is 8.57. The minimum absolute atomic E-state index is 0.00843. The van der Waals surface area contributed by atoms with Crippen LogP contribution in [0.2, 0.25) is 0 Å². The maximum Gasteiger partial charge on any atom is 0.335 e. The molecular formula is C23H26N2O5. The third-order valence-electron chi connectivity index (χ3n) is 5.10. The van der Waals surface area contributed by atoms with Gasteiger partial charge in [-0.1, -0.05) is 32.0 Å². The zero-order valence-electron chi connectivity index (χ0n) is 17.4. The first-order valence-electron chi connectivity index (χ1n) is 9.83. The largest absolute Gasteiger partial charge is 0.487 e. The number of aromatic carboxylic acids is 1. The molecule has 2 N–H and O–H groups in total. The standard InChI is InChI=1S/C23H26N2O5/c1-23(2,3)18-13-16(8-11-20(18)25-12-4-5-21(25)26)19(24-29)14-30-17-9-6-15(7-10-17)22(27)28/h6-11,13,29H,4-5,12,14H2,1-3H3,(H,27,28). The quantitative estimate of drug-likeness (QED) is 0.425. The average molecular weight is 410 g/mol. The Morgan fingerprint density at radius 3 is 2.33 bits per heavy atom. The molecule has 1 amide bonds. The number of ether oxygens (including phenoxy) is 1. The molecule has 30 heavy (non-hydrogen) atoms. The van der Waals surface area contributed by atoms with Gasteiger partial charge in [-0.25, -0.2) is 4.79 Å². The minimum Gasteiger partial charge on any atom is -0.487 e. The van der Waals surface area contributed by atoms with Gasteiger partial charge in [0.2, 0.25) is 5.91 Å². The molecule has 0 atom stereocenters. The highest BCUT2D eigenvalue weighted by molar-refractivity contribution is 6.03. The molecule has 0 radical (unpaired) electrons. The number of carboxylic acid groups (broad SMARTS) is 1. The summed E-state index contributed by atoms with van der Waals surface area (Å²) < 4.78 is 5.67. The molecule has 7 nitrogen and oxygen atoms in total. The number of carboxylic acids is 1. The third kappa shape index (κ3) is 4.62. The van der Waals surface area contributed by atoms with Crippen molar-refractivity contribution in [2.24, 2.45) is 5.16 Å². The van der Waals surface area contributed by atoms with Gasteiger partial charge in [0.05, 0.1) is 5.56 Å². The van der Waals surface area contributed by atoms with Gasteiger partial charge in [0.1, 0.15) is 18.1 Å². The molecule has 2 aromatic rings. The maximum absolute atomic E-state index is 12.3. The van der Waals surface area contributed by atoms with E-state index < -0.39 is 5.97 Å². The van der Waals surface area contributed by atoms with Crippen molar-refractivity contribution < 1.29 is 24.6 Å². The van der Waals surface area contributed by atoms with Crippen molar-refractivity contribution >= 4 is 23.3 Å². The van der Waals surface area contributed by atoms with Crippen LogP contribution in [0.4, 0.5) is 5.69 Å². The fourth-order valence-electron chi connectivity index (χ4n) is 3.47. The first kappa shape index (κ1) is 21.4. The summed E-state index contributed by atoms with van der Waals surface area (Å²) in [6.07, 6.45) is 1.41. The SMILES string of the molecule is CC(C)(C)c1cc(C(COc2ccc(C(=O)O)cc2)=NO)ccc1N1CCCC1=O. The van der Waals surface area contributed by atoms with Crippen molar-refractivity contribution in [2.45, 2.75) is 39.0 Å². The fraction of sp³-hybridized carbons (Fsp3) is 0.348. The molecule has 0 bridgehead atoms. The van der Waals surface area contributed by atoms with Gasteiger partial charge >= 0.3 is 5.97 Å². The molecule has 2 aromatic carbocycles. The molecule has 0 unspecified atom stereocenters. The van der Waals surface area contributed by atoms with Crippen molar-refractivity contribution in [3.05, 3.63) is 59.2 Å². The number of carbonyl (C=O) groups excluding carboxylic acids is 1. The molecule has 1 saturated heterocycles. The molecule has 7 heteroatoms. The van der Waals surface area contributed by atoms with E-state index in [0.717, 1.165) is 17.7 Å². The lowest BCUT2D eigenvalue weighted by molar-refractivity contribution is -0.117. The Kier molecular flexibility index (Phi) is 6.10. The number of nitrogens with zero attached hydrogens (tertiary/aromatic N) is 2. The van der Waals surface area contributed by atoms with Crippen LogP contribution in [0.3, 0.4) is 0 Å². The molecule has 1 fully saturated rings. The summed E-state index contributed by atoms with van der Waals surface area (Å²) in [7, 11) is 0. The van der Waals surface area contributed by atoms with Crippen LogP contribution in [-0.2, 0) is 10.2 Å². The average Bonchev–Trinajstić information content (AvgIpc) is 3.13. The van der Waals surface area contributed by atoms with Gasteiger partial charge in [0, 0.05) is 24.2 Å². The Bertz CT molecular complexity index is 974. The van der Waals surface area contributed by atoms with Crippen LogP contribution in [0.25, 0.3) is 0 Å². The summed E-state index contributed by atoms with van der Waals surface area (Å²) in [6.45, 7) is 6.94. The molecule has 3 rings (SSSR count). The predicted octanol–water partition coefficient (Wildman–Crippen LogP) is 4.07. The molecule has 1 aliphatic rings. The van der Waals surface area contributed by atoms with Crippen molar-refractivity contribution in [3.63, 3.8) is 0 Å². The van der Waals surface area contributed by atoms with Crippen LogP contribution in [-0.4, -0.2) is 41.1 Å². The molecule has 0 spiro atoms. The highest BCUT2D eigenvalue weighted by Gasteiger charge is 2.28. The summed E-state index contributed by atoms with van der Waals surface area (Å²) in [6, 6.07) is 11.7. The van der Waals surface area contributed by atoms with Crippen LogP contribution in [0.1, 0.15) is 55.1 Å². The Balaban J connectivity index is 1.84. The van der Waals surface area contributed by atoms with E-state index in [0.29, 0.717) is 30.0 Å². The summed E-state index contributed by atoms with van der Waals surface area (Å²) >= 11 is 0. The lowest BCUT2D eigenvalue weighted by Gasteiger charge is -2.28. The van der Waals surface area contributed by atoms with E-state index in [1.54, 1.807) is 12.1 Å². The number of rotatable bonds is 6. The monoisotopic (exact) mass is 410 g/mol. The zero-order valence-corrected chi connectivity index (χ0v) is 17.4. The van der Waals surface area contributed by atoms with Crippen LogP contribution in [0.15, 0.2) is 47.6 Å². The van der Waals surface area contributed by atoms with Gasteiger partial charge in [0.25, 0.3) is 0 Å². The summed E-state index contributed by atoms with van der Waals surface area (Å²) in [5.41, 5.74) is 2.85. The molecule has 1 heterocycles. The summed E-state index contributed by atoms with van der Waals surface area (Å²) in [4.78, 5) is 25.0. The fourth-order valence-corrected chi connectivity index (χ4v) is 3.47. The number of oxime groups is 1. The summed E-state index contributed by atoms with van der Waals surface area (Å²) in [5, 5.41) is 21.9. The van der Waals surface area contributed by atoms with Crippen LogP contribution in [0.5, 0.6) is 5.75 Å². The molecule has 0 aliphatic carbocycles. The van der Waals surface area contributed by atoms with E-state index in [2.05, 4.69) is 25.9 Å². The Labute approximate surface area is 175 Å². The van der Waals surface area contributed by atoms with E-state index in [1.165, 1.54) is 12.1 Å². The van der Waals surface area contributed by atoms with Gasteiger partial charge in [-0.2, -0.15) is 0 Å². The van der Waals surface area contributed by atoms with Crippen molar-refractivity contribution in [2.75, 3.05) is 18.1 Å². The number of anilines is 1. The topological polar surface area (TPSA) is 99.4 Å². The van der Waals surface area contributed by atoms with Crippen LogP contribution >= 0.6 is 0 Å². The van der Waals surface area contributed by atoms with Gasteiger partial charge in [-0.05, 0) is 53.8 Å². The lowest BCUT2D eigenvalue weighted by Crippen LogP contribution is -2.28. The zero-order chi connectivity index (χ0) is 21.9. The second-order valence-corrected chi connectivity index (χ2v) is 8.30. The van der Waals surface area contributed by atoms with Gasteiger partial charge in [0.15, 0.2) is 0 Å². The molecule has 0 saturated carbocycles. The van der Waals surface area contributed by atoms with Crippen LogP contribution < -0.4 is 9.64 Å². The molecule has 1 aliphatic heterocycles. The Morgan fingerprint density at radius 2 is 1.80 bits per heavy atom.